The highest BCUT2D eigenvalue weighted by atomic mass is 14.6. The number of benzene rings is 1. The van der Waals surface area contributed by atoms with Gasteiger partial charge in [0.15, 0.2) is 0 Å². The zero-order valence-corrected chi connectivity index (χ0v) is 10.2. The van der Waals surface area contributed by atoms with Gasteiger partial charge in [0.05, 0.1) is 0 Å². The molecule has 0 saturated heterocycles. The molecular weight excluding hydrogens is 182 g/mol. The van der Waals surface area contributed by atoms with Crippen LogP contribution in [0.4, 0.5) is 0 Å². The number of hydrogen-bond acceptors (Lipinski definition) is 1. The summed E-state index contributed by atoms with van der Waals surface area (Å²) in [6.07, 6.45) is 3.62. The third-order valence-electron chi connectivity index (χ3n) is 2.91. The summed E-state index contributed by atoms with van der Waals surface area (Å²) in [7, 11) is 0. The predicted octanol–water partition coefficient (Wildman–Crippen LogP) is 3.82. The van der Waals surface area contributed by atoms with Crippen molar-refractivity contribution in [2.24, 2.45) is 11.7 Å². The molecule has 84 valence electrons. The minimum Gasteiger partial charge on any atom is -0.324 e. The first-order chi connectivity index (χ1) is 7.13. The monoisotopic (exact) mass is 205 g/mol. The quantitative estimate of drug-likeness (QED) is 0.777. The molecule has 0 radical (unpaired) electrons. The fourth-order valence-electron chi connectivity index (χ4n) is 2.08. The second kappa shape index (κ2) is 5.92. The lowest BCUT2D eigenvalue weighted by Crippen LogP contribution is -2.14. The standard InChI is InChI=1S/C14H23N/c1-4-6-11(2)10-14(15)13-8-5-7-12(3)9-13/h5,7-9,11,14H,4,6,10,15H2,1-3H3. The molecule has 0 heterocycles. The molecule has 0 aliphatic rings. The summed E-state index contributed by atoms with van der Waals surface area (Å²) in [4.78, 5) is 0. The Balaban J connectivity index is 2.56. The summed E-state index contributed by atoms with van der Waals surface area (Å²) in [5.41, 5.74) is 8.77. The Hall–Kier alpha value is -0.820. The molecule has 0 fully saturated rings. The van der Waals surface area contributed by atoms with Gasteiger partial charge in [-0.15, -0.1) is 0 Å². The predicted molar refractivity (Wildman–Crippen MR) is 66.8 cm³/mol. The maximum Gasteiger partial charge on any atom is 0.0297 e. The van der Waals surface area contributed by atoms with Gasteiger partial charge in [0.25, 0.3) is 0 Å². The molecule has 2 N–H and O–H groups in total. The number of aryl methyl sites for hydroxylation is 1. The van der Waals surface area contributed by atoms with Gasteiger partial charge >= 0.3 is 0 Å². The molecule has 1 aromatic rings. The van der Waals surface area contributed by atoms with E-state index in [1.165, 1.54) is 24.0 Å². The lowest BCUT2D eigenvalue weighted by molar-refractivity contribution is 0.440. The fourth-order valence-corrected chi connectivity index (χ4v) is 2.08. The van der Waals surface area contributed by atoms with Gasteiger partial charge in [-0.25, -0.2) is 0 Å². The SMILES string of the molecule is CCCC(C)CC(N)c1cccc(C)c1. The zero-order chi connectivity index (χ0) is 11.3. The van der Waals surface area contributed by atoms with Crippen LogP contribution in [0.25, 0.3) is 0 Å². The van der Waals surface area contributed by atoms with Gasteiger partial charge in [0.2, 0.25) is 0 Å². The Morgan fingerprint density at radius 2 is 2.07 bits per heavy atom. The molecule has 2 unspecified atom stereocenters. The van der Waals surface area contributed by atoms with E-state index in [9.17, 15) is 0 Å². The van der Waals surface area contributed by atoms with Crippen LogP contribution in [0.1, 0.15) is 50.3 Å². The topological polar surface area (TPSA) is 26.0 Å². The van der Waals surface area contributed by atoms with E-state index in [0.29, 0.717) is 0 Å². The van der Waals surface area contributed by atoms with Gasteiger partial charge in [0.1, 0.15) is 0 Å². The van der Waals surface area contributed by atoms with Crippen LogP contribution in [0.2, 0.25) is 0 Å². The average molecular weight is 205 g/mol. The van der Waals surface area contributed by atoms with Gasteiger partial charge in [-0.05, 0) is 24.8 Å². The van der Waals surface area contributed by atoms with Crippen molar-refractivity contribution in [3.05, 3.63) is 35.4 Å². The molecule has 0 spiro atoms. The molecule has 2 atom stereocenters. The fraction of sp³-hybridized carbons (Fsp3) is 0.571. The van der Waals surface area contributed by atoms with E-state index >= 15 is 0 Å². The summed E-state index contributed by atoms with van der Waals surface area (Å²) in [6, 6.07) is 8.74. The summed E-state index contributed by atoms with van der Waals surface area (Å²) >= 11 is 0. The van der Waals surface area contributed by atoms with Crippen LogP contribution in [-0.2, 0) is 0 Å². The van der Waals surface area contributed by atoms with Crippen LogP contribution in [0, 0.1) is 12.8 Å². The van der Waals surface area contributed by atoms with Crippen LogP contribution in [0.15, 0.2) is 24.3 Å². The lowest BCUT2D eigenvalue weighted by Gasteiger charge is -2.17. The maximum atomic E-state index is 6.20. The van der Waals surface area contributed by atoms with Crippen molar-refractivity contribution >= 4 is 0 Å². The van der Waals surface area contributed by atoms with Crippen molar-refractivity contribution in [1.82, 2.24) is 0 Å². The Bertz CT molecular complexity index is 293. The van der Waals surface area contributed by atoms with E-state index in [0.717, 1.165) is 12.3 Å². The van der Waals surface area contributed by atoms with E-state index in [-0.39, 0.29) is 6.04 Å². The minimum atomic E-state index is 0.200. The molecule has 0 aromatic heterocycles. The lowest BCUT2D eigenvalue weighted by atomic mass is 9.93. The first kappa shape index (κ1) is 12.3. The molecule has 1 nitrogen and oxygen atoms in total. The Morgan fingerprint density at radius 1 is 1.33 bits per heavy atom. The van der Waals surface area contributed by atoms with E-state index in [1.807, 2.05) is 0 Å². The molecule has 15 heavy (non-hydrogen) atoms. The van der Waals surface area contributed by atoms with Crippen molar-refractivity contribution in [3.63, 3.8) is 0 Å². The number of hydrogen-bond donors (Lipinski definition) is 1. The van der Waals surface area contributed by atoms with Gasteiger partial charge in [-0.1, -0.05) is 56.5 Å². The summed E-state index contributed by atoms with van der Waals surface area (Å²) in [5.74, 6) is 0.727. The van der Waals surface area contributed by atoms with Gasteiger partial charge in [0, 0.05) is 6.04 Å². The van der Waals surface area contributed by atoms with Crippen LogP contribution >= 0.6 is 0 Å². The minimum absolute atomic E-state index is 0.200. The van der Waals surface area contributed by atoms with Gasteiger partial charge in [-0.2, -0.15) is 0 Å². The van der Waals surface area contributed by atoms with Crippen LogP contribution in [-0.4, -0.2) is 0 Å². The summed E-state index contributed by atoms with van der Waals surface area (Å²) in [5, 5.41) is 0. The third-order valence-corrected chi connectivity index (χ3v) is 2.91. The highest BCUT2D eigenvalue weighted by Crippen LogP contribution is 2.22. The van der Waals surface area contributed by atoms with Crippen molar-refractivity contribution in [2.45, 2.75) is 46.1 Å². The molecule has 1 heteroatoms. The van der Waals surface area contributed by atoms with E-state index in [2.05, 4.69) is 45.0 Å². The van der Waals surface area contributed by atoms with Crippen molar-refractivity contribution < 1.29 is 0 Å². The molecule has 1 aromatic carbocycles. The van der Waals surface area contributed by atoms with E-state index < -0.39 is 0 Å². The Morgan fingerprint density at radius 3 is 2.67 bits per heavy atom. The average Bonchev–Trinajstić information content (AvgIpc) is 2.18. The molecule has 0 aliphatic heterocycles. The van der Waals surface area contributed by atoms with Crippen LogP contribution < -0.4 is 5.73 Å². The number of rotatable bonds is 5. The second-order valence-corrected chi connectivity index (χ2v) is 4.65. The smallest absolute Gasteiger partial charge is 0.0297 e. The number of nitrogens with two attached hydrogens (primary N) is 1. The molecular formula is C14H23N. The van der Waals surface area contributed by atoms with Crippen LogP contribution in [0.5, 0.6) is 0 Å². The largest absolute Gasteiger partial charge is 0.324 e. The molecule has 0 bridgehead atoms. The normalized spacial score (nSPS) is 14.9. The summed E-state index contributed by atoms with van der Waals surface area (Å²) < 4.78 is 0. The highest BCUT2D eigenvalue weighted by molar-refractivity contribution is 5.24. The highest BCUT2D eigenvalue weighted by Gasteiger charge is 2.10. The van der Waals surface area contributed by atoms with E-state index in [4.69, 9.17) is 5.73 Å². The Labute approximate surface area is 93.7 Å². The zero-order valence-electron chi connectivity index (χ0n) is 10.2. The Kier molecular flexibility index (Phi) is 4.83. The van der Waals surface area contributed by atoms with Crippen LogP contribution in [0.3, 0.4) is 0 Å². The third kappa shape index (κ3) is 4.05. The molecule has 1 rings (SSSR count). The van der Waals surface area contributed by atoms with Gasteiger partial charge < -0.3 is 5.73 Å². The summed E-state index contributed by atoms with van der Waals surface area (Å²) in [6.45, 7) is 6.64. The van der Waals surface area contributed by atoms with Gasteiger partial charge in [-0.3, -0.25) is 0 Å². The first-order valence-corrected chi connectivity index (χ1v) is 5.95. The molecule has 0 saturated carbocycles. The van der Waals surface area contributed by atoms with E-state index in [1.54, 1.807) is 0 Å². The maximum absolute atomic E-state index is 6.20. The first-order valence-electron chi connectivity index (χ1n) is 5.95. The second-order valence-electron chi connectivity index (χ2n) is 4.65. The molecule has 0 amide bonds. The molecule has 0 aliphatic carbocycles. The van der Waals surface area contributed by atoms with Crippen molar-refractivity contribution in [2.75, 3.05) is 0 Å². The van der Waals surface area contributed by atoms with Crippen molar-refractivity contribution in [1.29, 1.82) is 0 Å². The van der Waals surface area contributed by atoms with Crippen molar-refractivity contribution in [3.8, 4) is 0 Å².